The molecule has 1 saturated heterocycles. The van der Waals surface area contributed by atoms with Gasteiger partial charge in [0, 0.05) is 10.6 Å². The number of hydrogen-bond donors (Lipinski definition) is 1. The molecule has 0 aliphatic carbocycles. The van der Waals surface area contributed by atoms with Gasteiger partial charge < -0.3 is 4.90 Å². The van der Waals surface area contributed by atoms with E-state index in [1.54, 1.807) is 4.31 Å². The minimum Gasteiger partial charge on any atom is -0.329 e. The topological polar surface area (TPSA) is 41.8 Å². The predicted octanol–water partition coefficient (Wildman–Crippen LogP) is 1.17. The number of quaternary nitrogens is 1. The van der Waals surface area contributed by atoms with Gasteiger partial charge in [-0.05, 0) is 12.5 Å². The van der Waals surface area contributed by atoms with Crippen LogP contribution in [0, 0.1) is 0 Å². The van der Waals surface area contributed by atoms with Crippen LogP contribution in [0.4, 0.5) is 0 Å². The molecule has 1 fully saturated rings. The molecule has 0 radical (unpaired) electrons. The Balaban J connectivity index is 1.87. The summed E-state index contributed by atoms with van der Waals surface area (Å²) >= 11 is 6.18. The van der Waals surface area contributed by atoms with Gasteiger partial charge in [-0.25, -0.2) is 8.42 Å². The summed E-state index contributed by atoms with van der Waals surface area (Å²) in [5.74, 6) is 0.281. The second-order valence-electron chi connectivity index (χ2n) is 5.59. The van der Waals surface area contributed by atoms with Crippen molar-refractivity contribution in [1.82, 2.24) is 4.31 Å². The quantitative estimate of drug-likeness (QED) is 0.850. The van der Waals surface area contributed by atoms with Gasteiger partial charge >= 0.3 is 0 Å². The number of nitrogens with zero attached hydrogens (tertiary/aromatic N) is 1. The fraction of sp³-hybridized carbons (Fsp3) is 0.600. The maximum Gasteiger partial charge on any atom is 0.214 e. The van der Waals surface area contributed by atoms with Crippen molar-refractivity contribution >= 4 is 21.6 Å². The van der Waals surface area contributed by atoms with E-state index in [0.717, 1.165) is 43.1 Å². The Labute approximate surface area is 132 Å². The summed E-state index contributed by atoms with van der Waals surface area (Å²) in [4.78, 5) is 1.39. The first-order valence-electron chi connectivity index (χ1n) is 7.57. The molecule has 0 unspecified atom stereocenters. The molecule has 1 aliphatic rings. The molecule has 0 amide bonds. The number of nitrogens with one attached hydrogen (secondary N) is 1. The van der Waals surface area contributed by atoms with Crippen LogP contribution in [-0.2, 0) is 16.6 Å². The lowest BCUT2D eigenvalue weighted by Gasteiger charge is -2.31. The van der Waals surface area contributed by atoms with Crippen molar-refractivity contribution in [3.63, 3.8) is 0 Å². The van der Waals surface area contributed by atoms with Gasteiger partial charge in [-0.1, -0.05) is 43.1 Å². The van der Waals surface area contributed by atoms with E-state index in [1.807, 2.05) is 31.2 Å². The standard InChI is InChI=1S/C15H23ClN2O2S/c1-2-3-12-21(19,20)18-10-8-17(9-11-18)13-14-6-4-5-7-15(14)16/h4-7H,2-3,8-13H2,1H3/p+1. The second-order valence-corrected chi connectivity index (χ2v) is 8.08. The van der Waals surface area contributed by atoms with Crippen molar-refractivity contribution in [2.75, 3.05) is 31.9 Å². The Bertz CT molecular complexity index is 555. The largest absolute Gasteiger partial charge is 0.329 e. The summed E-state index contributed by atoms with van der Waals surface area (Å²) < 4.78 is 26.0. The highest BCUT2D eigenvalue weighted by atomic mass is 35.5. The number of sulfonamides is 1. The first-order valence-corrected chi connectivity index (χ1v) is 9.56. The van der Waals surface area contributed by atoms with Gasteiger partial charge in [0.25, 0.3) is 0 Å². The third-order valence-electron chi connectivity index (χ3n) is 3.98. The van der Waals surface area contributed by atoms with Gasteiger partial charge in [-0.3, -0.25) is 0 Å². The third kappa shape index (κ3) is 4.68. The van der Waals surface area contributed by atoms with Crippen LogP contribution < -0.4 is 4.90 Å². The van der Waals surface area contributed by atoms with Gasteiger partial charge in [0.2, 0.25) is 10.0 Å². The van der Waals surface area contributed by atoms with Gasteiger partial charge in [-0.2, -0.15) is 4.31 Å². The van der Waals surface area contributed by atoms with E-state index in [9.17, 15) is 8.42 Å². The SMILES string of the molecule is CCCCS(=O)(=O)N1CC[NH+](Cc2ccccc2Cl)CC1. The first-order chi connectivity index (χ1) is 10.0. The van der Waals surface area contributed by atoms with Gasteiger partial charge in [-0.15, -0.1) is 0 Å². The number of rotatable bonds is 6. The fourth-order valence-electron chi connectivity index (χ4n) is 2.62. The summed E-state index contributed by atoms with van der Waals surface area (Å²) in [6.45, 7) is 5.80. The van der Waals surface area contributed by atoms with Crippen molar-refractivity contribution in [3.05, 3.63) is 34.9 Å². The van der Waals surface area contributed by atoms with E-state index in [4.69, 9.17) is 11.6 Å². The Morgan fingerprint density at radius 1 is 1.24 bits per heavy atom. The molecular weight excluding hydrogens is 308 g/mol. The van der Waals surface area contributed by atoms with E-state index in [0.29, 0.717) is 13.1 Å². The van der Waals surface area contributed by atoms with Crippen LogP contribution in [0.1, 0.15) is 25.3 Å². The predicted molar refractivity (Wildman–Crippen MR) is 86.1 cm³/mol. The van der Waals surface area contributed by atoms with Crippen LogP contribution in [0.5, 0.6) is 0 Å². The van der Waals surface area contributed by atoms with Crippen LogP contribution in [0.3, 0.4) is 0 Å². The molecule has 0 saturated carbocycles. The minimum atomic E-state index is -3.06. The highest BCUT2D eigenvalue weighted by molar-refractivity contribution is 7.89. The van der Waals surface area contributed by atoms with Crippen molar-refractivity contribution < 1.29 is 13.3 Å². The highest BCUT2D eigenvalue weighted by Crippen LogP contribution is 2.13. The molecule has 118 valence electrons. The summed E-state index contributed by atoms with van der Waals surface area (Å²) in [7, 11) is -3.06. The van der Waals surface area contributed by atoms with Gasteiger partial charge in [0.15, 0.2) is 0 Å². The van der Waals surface area contributed by atoms with Crippen molar-refractivity contribution in [3.8, 4) is 0 Å². The van der Waals surface area contributed by atoms with Gasteiger partial charge in [0.05, 0.1) is 31.9 Å². The molecule has 0 atom stereocenters. The van der Waals surface area contributed by atoms with Crippen LogP contribution in [0.25, 0.3) is 0 Å². The van der Waals surface area contributed by atoms with Crippen molar-refractivity contribution in [2.45, 2.75) is 26.3 Å². The zero-order chi connectivity index (χ0) is 15.3. The van der Waals surface area contributed by atoms with E-state index in [2.05, 4.69) is 0 Å². The van der Waals surface area contributed by atoms with E-state index < -0.39 is 10.0 Å². The number of benzene rings is 1. The minimum absolute atomic E-state index is 0.281. The molecule has 2 rings (SSSR count). The molecule has 1 aliphatic heterocycles. The molecule has 4 nitrogen and oxygen atoms in total. The monoisotopic (exact) mass is 331 g/mol. The Morgan fingerprint density at radius 3 is 2.52 bits per heavy atom. The number of halogens is 1. The van der Waals surface area contributed by atoms with Crippen LogP contribution >= 0.6 is 11.6 Å². The zero-order valence-electron chi connectivity index (χ0n) is 12.5. The number of hydrogen-bond acceptors (Lipinski definition) is 2. The summed E-state index contributed by atoms with van der Waals surface area (Å²) in [5, 5.41) is 0.794. The fourth-order valence-corrected chi connectivity index (χ4v) is 4.48. The zero-order valence-corrected chi connectivity index (χ0v) is 14.1. The normalized spacial score (nSPS) is 18.0. The highest BCUT2D eigenvalue weighted by Gasteiger charge is 2.28. The average Bonchev–Trinajstić information content (AvgIpc) is 2.48. The molecule has 0 aromatic heterocycles. The number of unbranched alkanes of at least 4 members (excludes halogenated alkanes) is 1. The summed E-state index contributed by atoms with van der Waals surface area (Å²) in [6, 6.07) is 7.87. The third-order valence-corrected chi connectivity index (χ3v) is 6.30. The lowest BCUT2D eigenvalue weighted by atomic mass is 10.2. The van der Waals surface area contributed by atoms with E-state index in [1.165, 1.54) is 4.90 Å². The van der Waals surface area contributed by atoms with Crippen molar-refractivity contribution in [1.29, 1.82) is 0 Å². The molecule has 6 heteroatoms. The van der Waals surface area contributed by atoms with E-state index in [-0.39, 0.29) is 5.75 Å². The summed E-state index contributed by atoms with van der Waals surface area (Å²) in [6.07, 6.45) is 1.66. The molecule has 0 spiro atoms. The smallest absolute Gasteiger partial charge is 0.214 e. The van der Waals surface area contributed by atoms with Gasteiger partial charge in [0.1, 0.15) is 6.54 Å². The Hall–Kier alpha value is -0.620. The molecule has 1 aromatic carbocycles. The first kappa shape index (κ1) is 16.7. The summed E-state index contributed by atoms with van der Waals surface area (Å²) in [5.41, 5.74) is 1.14. The molecule has 1 aromatic rings. The molecule has 1 heterocycles. The average molecular weight is 332 g/mol. The second kappa shape index (κ2) is 7.58. The Morgan fingerprint density at radius 2 is 1.90 bits per heavy atom. The maximum absolute atomic E-state index is 12.2. The molecular formula is C15H24ClN2O2S+. The molecule has 21 heavy (non-hydrogen) atoms. The lowest BCUT2D eigenvalue weighted by Crippen LogP contribution is -3.13. The Kier molecular flexibility index (Phi) is 6.05. The van der Waals surface area contributed by atoms with E-state index >= 15 is 0 Å². The van der Waals surface area contributed by atoms with Crippen LogP contribution in [0.15, 0.2) is 24.3 Å². The van der Waals surface area contributed by atoms with Crippen LogP contribution in [0.2, 0.25) is 5.02 Å². The molecule has 0 bridgehead atoms. The maximum atomic E-state index is 12.2. The number of piperazine rings is 1. The lowest BCUT2D eigenvalue weighted by molar-refractivity contribution is -0.917. The van der Waals surface area contributed by atoms with Crippen LogP contribution in [-0.4, -0.2) is 44.7 Å². The van der Waals surface area contributed by atoms with Crippen molar-refractivity contribution in [2.24, 2.45) is 0 Å². The molecule has 1 N–H and O–H groups in total.